The van der Waals surface area contributed by atoms with Gasteiger partial charge in [-0.05, 0) is 24.4 Å². The summed E-state index contributed by atoms with van der Waals surface area (Å²) in [4.78, 5) is 37.9. The molecule has 2 aromatic rings. The van der Waals surface area contributed by atoms with Crippen LogP contribution >= 0.6 is 26.8 Å². The molecule has 5 N–H and O–H groups in total. The van der Waals surface area contributed by atoms with Crippen molar-refractivity contribution in [3.8, 4) is 0 Å². The zero-order valence-corrected chi connectivity index (χ0v) is 21.1. The number of nitrogens with zero attached hydrogens (tertiary/aromatic N) is 5. The quantitative estimate of drug-likeness (QED) is 0.199. The maximum Gasteiger partial charge on any atom is 0.340 e. The maximum atomic E-state index is 11.9. The molecule has 1 saturated carbocycles. The number of rotatable bonds is 11. The molecule has 0 aliphatic heterocycles. The molecule has 0 saturated heterocycles. The molecule has 34 heavy (non-hydrogen) atoms. The molecule has 14 nitrogen and oxygen atoms in total. The lowest BCUT2D eigenvalue weighted by molar-refractivity contribution is -0.117. The first-order valence-electron chi connectivity index (χ1n) is 10.4. The fourth-order valence-electron chi connectivity index (χ4n) is 3.92. The first kappa shape index (κ1) is 27.4. The van der Waals surface area contributed by atoms with Gasteiger partial charge in [0.2, 0.25) is 5.28 Å². The maximum absolute atomic E-state index is 11.9. The van der Waals surface area contributed by atoms with Crippen LogP contribution in [0.2, 0.25) is 5.28 Å². The lowest BCUT2D eigenvalue weighted by Crippen LogP contribution is -2.39. The van der Waals surface area contributed by atoms with Crippen LogP contribution in [0.1, 0.15) is 31.9 Å². The van der Waals surface area contributed by atoms with Gasteiger partial charge >= 0.3 is 15.2 Å². The lowest BCUT2D eigenvalue weighted by atomic mass is 10.2. The average molecular weight is 544 g/mol. The van der Waals surface area contributed by atoms with Crippen molar-refractivity contribution < 1.29 is 43.3 Å². The third-order valence-corrected chi connectivity index (χ3v) is 9.28. The van der Waals surface area contributed by atoms with E-state index in [1.165, 1.54) is 6.20 Å². The first-order chi connectivity index (χ1) is 15.8. The molecule has 3 rings (SSSR count). The minimum atomic E-state index is -4.83. The van der Waals surface area contributed by atoms with Crippen LogP contribution in [0.25, 0.3) is 11.0 Å². The minimum Gasteiger partial charge on any atom is -0.386 e. The van der Waals surface area contributed by atoms with E-state index in [1.54, 1.807) is 0 Å². The van der Waals surface area contributed by atoms with Crippen LogP contribution in [0, 0.1) is 0 Å². The summed E-state index contributed by atoms with van der Waals surface area (Å²) < 4.78 is 33.6. The molecule has 0 spiro atoms. The predicted octanol–water partition coefficient (Wildman–Crippen LogP) is 1.06. The Bertz CT molecular complexity index is 1090. The molecule has 1 unspecified atom stereocenters. The van der Waals surface area contributed by atoms with Gasteiger partial charge in [0.05, 0.1) is 18.2 Å². The molecule has 0 aromatic carbocycles. The zero-order chi connectivity index (χ0) is 25.3. The van der Waals surface area contributed by atoms with E-state index >= 15 is 0 Å². The van der Waals surface area contributed by atoms with Gasteiger partial charge in [0.1, 0.15) is 18.0 Å². The monoisotopic (exact) mass is 543 g/mol. The van der Waals surface area contributed by atoms with Gasteiger partial charge in [0.25, 0.3) is 0 Å². The summed E-state index contributed by atoms with van der Waals surface area (Å²) in [6.45, 7) is -0.743. The third kappa shape index (κ3) is 6.52. The number of anilines is 1. The van der Waals surface area contributed by atoms with Crippen LogP contribution in [0.4, 0.5) is 5.82 Å². The van der Waals surface area contributed by atoms with Crippen LogP contribution < -0.4 is 4.90 Å². The van der Waals surface area contributed by atoms with Crippen molar-refractivity contribution >= 4 is 43.6 Å². The Morgan fingerprint density at radius 3 is 2.47 bits per heavy atom. The molecular formula is C17H28ClN5O9P2. The number of aromatic nitrogens is 4. The summed E-state index contributed by atoms with van der Waals surface area (Å²) in [5.74, 6) is -0.869. The molecule has 0 radical (unpaired) electrons. The van der Waals surface area contributed by atoms with E-state index < -0.39 is 46.1 Å². The highest BCUT2D eigenvalue weighted by atomic mass is 35.5. The van der Waals surface area contributed by atoms with E-state index in [4.69, 9.17) is 30.6 Å². The van der Waals surface area contributed by atoms with Crippen LogP contribution in [-0.4, -0.2) is 89.6 Å². The number of hydrogen-bond donors (Lipinski definition) is 5. The van der Waals surface area contributed by atoms with Crippen LogP contribution in [0.3, 0.4) is 0 Å². The zero-order valence-electron chi connectivity index (χ0n) is 18.5. The number of halogens is 1. The third-order valence-electron chi connectivity index (χ3n) is 5.66. The average Bonchev–Trinajstić information content (AvgIpc) is 3.40. The molecule has 1 aliphatic carbocycles. The minimum absolute atomic E-state index is 0.0823. The smallest absolute Gasteiger partial charge is 0.340 e. The Labute approximate surface area is 200 Å². The standard InChI is InChI=1S/C17H28ClN5O9P2/c1-22(10-5-3-4-6-10)14-11-7-19-23(15(11)21-17(18)20-14)16(25)13(24)12(31-2)8-32-34(29,30)9-33(26,27)28/h7,10,12-13,16,24-25H,3-6,8-9H2,1-2H3,(H,29,30)(H2,26,27,28)/t12-,13-,16-/m1/s1. The molecule has 17 heteroatoms. The topological polar surface area (TPSA) is 201 Å². The number of methoxy groups -OCH3 is 1. The molecule has 192 valence electrons. The van der Waals surface area contributed by atoms with Crippen molar-refractivity contribution in [1.29, 1.82) is 0 Å². The second-order valence-electron chi connectivity index (χ2n) is 8.11. The van der Waals surface area contributed by atoms with Gasteiger partial charge in [0, 0.05) is 20.2 Å². The van der Waals surface area contributed by atoms with Crippen molar-refractivity contribution in [1.82, 2.24) is 19.7 Å². The molecule has 0 amide bonds. The largest absolute Gasteiger partial charge is 0.386 e. The summed E-state index contributed by atoms with van der Waals surface area (Å²) in [6.07, 6.45) is 0.831. The molecule has 0 bridgehead atoms. The van der Waals surface area contributed by atoms with Gasteiger partial charge in [-0.3, -0.25) is 9.13 Å². The number of aliphatic hydroxyl groups is 2. The predicted molar refractivity (Wildman–Crippen MR) is 122 cm³/mol. The lowest BCUT2D eigenvalue weighted by Gasteiger charge is -2.27. The van der Waals surface area contributed by atoms with Crippen LogP contribution in [-0.2, 0) is 18.4 Å². The van der Waals surface area contributed by atoms with Gasteiger partial charge in [-0.25, -0.2) is 4.68 Å². The molecule has 2 aromatic heterocycles. The summed E-state index contributed by atoms with van der Waals surface area (Å²) in [5, 5.41) is 25.9. The fourth-order valence-corrected chi connectivity index (χ4v) is 6.65. The highest BCUT2D eigenvalue weighted by molar-refractivity contribution is 7.70. The number of fused-ring (bicyclic) bond motifs is 1. The summed E-state index contributed by atoms with van der Waals surface area (Å²) in [6, 6.07) is 0.269. The van der Waals surface area contributed by atoms with Gasteiger partial charge in [-0.1, -0.05) is 12.8 Å². The second-order valence-corrected chi connectivity index (χ2v) is 12.4. The SMILES string of the molecule is CO[C@H](COP(=O)(O)CP(=O)(O)O)[C@@H](O)[C@@H](O)n1ncc2c(N(C)C3CCCC3)nc(Cl)nc21. The molecule has 2 heterocycles. The number of aliphatic hydroxyl groups excluding tert-OH is 2. The Balaban J connectivity index is 1.81. The van der Waals surface area contributed by atoms with E-state index in [2.05, 4.69) is 15.1 Å². The van der Waals surface area contributed by atoms with E-state index in [9.17, 15) is 24.2 Å². The van der Waals surface area contributed by atoms with Gasteiger partial charge in [-0.2, -0.15) is 15.1 Å². The van der Waals surface area contributed by atoms with Crippen molar-refractivity contribution in [3.05, 3.63) is 11.5 Å². The summed E-state index contributed by atoms with van der Waals surface area (Å²) in [5.41, 5.74) is 0.150. The van der Waals surface area contributed by atoms with Crippen LogP contribution in [0.5, 0.6) is 0 Å². The molecule has 1 fully saturated rings. The highest BCUT2D eigenvalue weighted by Gasteiger charge is 2.36. The van der Waals surface area contributed by atoms with Crippen LogP contribution in [0.15, 0.2) is 6.20 Å². The Kier molecular flexibility index (Phi) is 8.73. The summed E-state index contributed by atoms with van der Waals surface area (Å²) in [7, 11) is -6.47. The van der Waals surface area contributed by atoms with Crippen molar-refractivity contribution in [3.63, 3.8) is 0 Å². The summed E-state index contributed by atoms with van der Waals surface area (Å²) >= 11 is 6.13. The van der Waals surface area contributed by atoms with E-state index in [0.29, 0.717) is 11.2 Å². The Hall–Kier alpha value is -1.18. The fraction of sp³-hybridized carbons (Fsp3) is 0.706. The highest BCUT2D eigenvalue weighted by Crippen LogP contribution is 2.55. The van der Waals surface area contributed by atoms with Crippen molar-refractivity contribution in [2.75, 3.05) is 31.6 Å². The first-order valence-corrected chi connectivity index (χ1v) is 14.3. The van der Waals surface area contributed by atoms with Gasteiger partial charge < -0.3 is 39.1 Å². The van der Waals surface area contributed by atoms with E-state index in [1.807, 2.05) is 11.9 Å². The van der Waals surface area contributed by atoms with Crippen molar-refractivity contribution in [2.45, 2.75) is 50.2 Å². The Morgan fingerprint density at radius 1 is 1.24 bits per heavy atom. The molecular weight excluding hydrogens is 516 g/mol. The van der Waals surface area contributed by atoms with E-state index in [0.717, 1.165) is 37.5 Å². The van der Waals surface area contributed by atoms with Crippen molar-refractivity contribution in [2.24, 2.45) is 0 Å². The number of ether oxygens (including phenoxy) is 1. The normalized spacial score (nSPS) is 19.8. The molecule has 4 atom stereocenters. The number of hydrogen-bond acceptors (Lipinski definition) is 10. The Morgan fingerprint density at radius 2 is 1.88 bits per heavy atom. The van der Waals surface area contributed by atoms with Gasteiger partial charge in [-0.15, -0.1) is 0 Å². The second kappa shape index (κ2) is 10.8. The van der Waals surface area contributed by atoms with E-state index in [-0.39, 0.29) is 17.0 Å². The molecule has 1 aliphatic rings. The van der Waals surface area contributed by atoms with Gasteiger partial charge in [0.15, 0.2) is 17.8 Å².